The minimum Gasteiger partial charge on any atom is -0.206 e. The van der Waals surface area contributed by atoms with Gasteiger partial charge in [0.15, 0.2) is 0 Å². The lowest BCUT2D eigenvalue weighted by atomic mass is 10.00. The average molecular weight is 454 g/mol. The molecule has 0 bridgehead atoms. The topological polar surface area (TPSA) is 0 Å². The quantitative estimate of drug-likeness (QED) is 0.376. The molecule has 0 spiro atoms. The van der Waals surface area contributed by atoms with Gasteiger partial charge in [-0.2, -0.15) is 0 Å². The molecule has 0 aromatic heterocycles. The molecule has 0 fully saturated rings. The molecule has 100 valence electrons. The van der Waals surface area contributed by atoms with E-state index in [2.05, 4.69) is 38.5 Å². The molecule has 4 heteroatoms. The average Bonchev–Trinajstić information content (AvgIpc) is 2.37. The molecule has 0 saturated carbocycles. The Morgan fingerprint density at radius 1 is 1.11 bits per heavy atom. The fraction of sp³-hybridized carbons (Fsp3) is 0.200. The molecule has 0 saturated heterocycles. The molecular formula is C15H12BrClFI. The fourth-order valence-electron chi connectivity index (χ4n) is 1.99. The maximum atomic E-state index is 13.7. The van der Waals surface area contributed by atoms with Crippen LogP contribution in [0.3, 0.4) is 0 Å². The van der Waals surface area contributed by atoms with Crippen LogP contribution >= 0.6 is 50.1 Å². The van der Waals surface area contributed by atoms with Crippen LogP contribution in [0, 0.1) is 23.2 Å². The number of halogens is 4. The van der Waals surface area contributed by atoms with Gasteiger partial charge in [0.05, 0.1) is 9.85 Å². The molecule has 2 aromatic rings. The Kier molecular flexibility index (Phi) is 4.90. The van der Waals surface area contributed by atoms with Crippen molar-refractivity contribution < 1.29 is 4.39 Å². The van der Waals surface area contributed by atoms with Crippen LogP contribution in [-0.4, -0.2) is 0 Å². The summed E-state index contributed by atoms with van der Waals surface area (Å²) in [5.41, 5.74) is 3.43. The first-order valence-corrected chi connectivity index (χ1v) is 8.13. The minimum atomic E-state index is -0.135. The van der Waals surface area contributed by atoms with Gasteiger partial charge in [0.25, 0.3) is 0 Å². The van der Waals surface area contributed by atoms with Gasteiger partial charge in [-0.15, -0.1) is 0 Å². The highest BCUT2D eigenvalue weighted by Crippen LogP contribution is 2.34. The van der Waals surface area contributed by atoms with Crippen LogP contribution in [0.2, 0.25) is 5.02 Å². The molecule has 0 aliphatic heterocycles. The second-order valence-electron chi connectivity index (χ2n) is 4.50. The molecule has 2 rings (SSSR count). The number of benzene rings is 2. The highest BCUT2D eigenvalue weighted by atomic mass is 127. The summed E-state index contributed by atoms with van der Waals surface area (Å²) in [6, 6.07) is 9.69. The predicted molar refractivity (Wildman–Crippen MR) is 90.8 cm³/mol. The zero-order chi connectivity index (χ0) is 14.2. The monoisotopic (exact) mass is 452 g/mol. The van der Waals surface area contributed by atoms with Gasteiger partial charge in [-0.1, -0.05) is 45.7 Å². The molecule has 0 heterocycles. The Morgan fingerprint density at radius 2 is 1.68 bits per heavy atom. The minimum absolute atomic E-state index is 0.0139. The summed E-state index contributed by atoms with van der Waals surface area (Å²) < 4.78 is 14.7. The van der Waals surface area contributed by atoms with Crippen LogP contribution in [0.5, 0.6) is 0 Å². The highest BCUT2D eigenvalue weighted by molar-refractivity contribution is 14.1. The molecule has 0 N–H and O–H groups in total. The Bertz CT molecular complexity index is 605. The van der Waals surface area contributed by atoms with Crippen LogP contribution in [0.1, 0.15) is 27.1 Å². The molecule has 2 aromatic carbocycles. The van der Waals surface area contributed by atoms with Crippen molar-refractivity contribution in [3.63, 3.8) is 0 Å². The number of hydrogen-bond acceptors (Lipinski definition) is 0. The van der Waals surface area contributed by atoms with Crippen molar-refractivity contribution in [1.82, 2.24) is 0 Å². The van der Waals surface area contributed by atoms with E-state index in [1.54, 1.807) is 13.8 Å². The van der Waals surface area contributed by atoms with Crippen molar-refractivity contribution in [1.29, 1.82) is 0 Å². The van der Waals surface area contributed by atoms with Gasteiger partial charge >= 0.3 is 0 Å². The lowest BCUT2D eigenvalue weighted by molar-refractivity contribution is 0.608. The molecule has 1 unspecified atom stereocenters. The van der Waals surface area contributed by atoms with Crippen LogP contribution in [0.25, 0.3) is 0 Å². The third-order valence-electron chi connectivity index (χ3n) is 2.99. The molecule has 0 nitrogen and oxygen atoms in total. The first-order chi connectivity index (χ1) is 8.90. The lowest BCUT2D eigenvalue weighted by Gasteiger charge is -2.14. The van der Waals surface area contributed by atoms with E-state index in [-0.39, 0.29) is 10.6 Å². The number of aryl methyl sites for hydroxylation is 2. The predicted octanol–water partition coefficient (Wildman–Crippen LogP) is 6.18. The molecule has 0 radical (unpaired) electrons. The van der Waals surface area contributed by atoms with E-state index in [1.807, 2.05) is 30.3 Å². The third kappa shape index (κ3) is 3.31. The van der Waals surface area contributed by atoms with Gasteiger partial charge in [0, 0.05) is 3.57 Å². The summed E-state index contributed by atoms with van der Waals surface area (Å²) in [6.45, 7) is 3.57. The van der Waals surface area contributed by atoms with E-state index in [4.69, 9.17) is 11.6 Å². The van der Waals surface area contributed by atoms with Crippen LogP contribution in [-0.2, 0) is 0 Å². The summed E-state index contributed by atoms with van der Waals surface area (Å²) in [4.78, 5) is 0.0139. The van der Waals surface area contributed by atoms with Crippen molar-refractivity contribution in [3.05, 3.63) is 67.0 Å². The van der Waals surface area contributed by atoms with Gasteiger partial charge in [0.2, 0.25) is 0 Å². The Balaban J connectivity index is 2.43. The second kappa shape index (κ2) is 6.10. The van der Waals surface area contributed by atoms with E-state index in [0.717, 1.165) is 19.7 Å². The van der Waals surface area contributed by atoms with Crippen molar-refractivity contribution >= 4 is 50.1 Å². The highest BCUT2D eigenvalue weighted by Gasteiger charge is 2.14. The van der Waals surface area contributed by atoms with Gasteiger partial charge < -0.3 is 0 Å². The number of rotatable bonds is 2. The summed E-state index contributed by atoms with van der Waals surface area (Å²) in [6.07, 6.45) is 0. The fourth-order valence-corrected chi connectivity index (χ4v) is 3.06. The van der Waals surface area contributed by atoms with Crippen LogP contribution < -0.4 is 0 Å². The molecule has 1 atom stereocenters. The SMILES string of the molecule is Cc1cc(C(Br)c2ccc(I)c(Cl)c2)cc(C)c1F. The number of hydrogen-bond donors (Lipinski definition) is 0. The molecule has 19 heavy (non-hydrogen) atoms. The molecular weight excluding hydrogens is 441 g/mol. The van der Waals surface area contributed by atoms with E-state index in [1.165, 1.54) is 0 Å². The van der Waals surface area contributed by atoms with E-state index < -0.39 is 0 Å². The van der Waals surface area contributed by atoms with Crippen molar-refractivity contribution in [2.45, 2.75) is 18.7 Å². The number of alkyl halides is 1. The first kappa shape index (κ1) is 15.3. The Hall–Kier alpha value is -0.130. The normalized spacial score (nSPS) is 12.5. The summed E-state index contributed by atoms with van der Waals surface area (Å²) >= 11 is 12.0. The molecule has 0 aliphatic rings. The maximum absolute atomic E-state index is 13.7. The summed E-state index contributed by atoms with van der Waals surface area (Å²) in [5.74, 6) is -0.135. The van der Waals surface area contributed by atoms with Gasteiger partial charge in [0.1, 0.15) is 5.82 Å². The van der Waals surface area contributed by atoms with E-state index in [0.29, 0.717) is 11.1 Å². The van der Waals surface area contributed by atoms with Gasteiger partial charge in [-0.05, 0) is 70.8 Å². The van der Waals surface area contributed by atoms with E-state index >= 15 is 0 Å². The smallest absolute Gasteiger partial charge is 0.129 e. The van der Waals surface area contributed by atoms with Crippen molar-refractivity contribution in [2.24, 2.45) is 0 Å². The summed E-state index contributed by atoms with van der Waals surface area (Å²) in [5, 5.41) is 0.734. The zero-order valence-electron chi connectivity index (χ0n) is 10.5. The largest absolute Gasteiger partial charge is 0.206 e. The first-order valence-electron chi connectivity index (χ1n) is 5.76. The van der Waals surface area contributed by atoms with Crippen LogP contribution in [0.4, 0.5) is 4.39 Å². The van der Waals surface area contributed by atoms with Crippen molar-refractivity contribution in [3.8, 4) is 0 Å². The zero-order valence-corrected chi connectivity index (χ0v) is 15.0. The van der Waals surface area contributed by atoms with Gasteiger partial charge in [-0.25, -0.2) is 4.39 Å². The molecule has 0 amide bonds. The third-order valence-corrected chi connectivity index (χ3v) is 5.62. The standard InChI is InChI=1S/C15H12BrClFI/c1-8-5-11(6-9(2)15(8)18)14(16)10-3-4-13(19)12(17)7-10/h3-7,14H,1-2H3. The maximum Gasteiger partial charge on any atom is 0.129 e. The summed E-state index contributed by atoms with van der Waals surface area (Å²) in [7, 11) is 0. The van der Waals surface area contributed by atoms with Crippen molar-refractivity contribution in [2.75, 3.05) is 0 Å². The van der Waals surface area contributed by atoms with Gasteiger partial charge in [-0.3, -0.25) is 0 Å². The van der Waals surface area contributed by atoms with E-state index in [9.17, 15) is 4.39 Å². The van der Waals surface area contributed by atoms with Crippen LogP contribution in [0.15, 0.2) is 30.3 Å². The Morgan fingerprint density at radius 3 is 2.21 bits per heavy atom. The lowest BCUT2D eigenvalue weighted by Crippen LogP contribution is -1.97. The molecule has 0 aliphatic carbocycles. The second-order valence-corrected chi connectivity index (χ2v) is 6.99. The Labute approximate surface area is 139 Å².